The van der Waals surface area contributed by atoms with Crippen molar-refractivity contribution in [3.63, 3.8) is 0 Å². The minimum absolute atomic E-state index is 0.0378. The van der Waals surface area contributed by atoms with Crippen molar-refractivity contribution in [2.75, 3.05) is 39.6 Å². The van der Waals surface area contributed by atoms with E-state index in [9.17, 15) is 4.79 Å². The summed E-state index contributed by atoms with van der Waals surface area (Å²) in [6, 6.07) is 20.2. The van der Waals surface area contributed by atoms with Crippen LogP contribution in [-0.4, -0.2) is 51.3 Å². The van der Waals surface area contributed by atoms with Crippen LogP contribution in [0.4, 0.5) is 0 Å². The van der Waals surface area contributed by atoms with Crippen molar-refractivity contribution in [3.05, 3.63) is 71.8 Å². The van der Waals surface area contributed by atoms with E-state index in [0.29, 0.717) is 6.42 Å². The van der Waals surface area contributed by atoms with Gasteiger partial charge in [-0.15, -0.1) is 0 Å². The predicted molar refractivity (Wildman–Crippen MR) is 106 cm³/mol. The summed E-state index contributed by atoms with van der Waals surface area (Å²) in [6.45, 7) is 6.99. The molecule has 4 bridgehead atoms. The second-order valence-corrected chi connectivity index (χ2v) is 8.61. The lowest BCUT2D eigenvalue weighted by molar-refractivity contribution is -1.30. The van der Waals surface area contributed by atoms with Gasteiger partial charge in [-0.1, -0.05) is 60.7 Å². The molecule has 0 aliphatic carbocycles. The number of carbonyl (C=O) groups excluding carboxylic acids is 1. The predicted octanol–water partition coefficient (Wildman–Crippen LogP) is -2.70. The van der Waals surface area contributed by atoms with Gasteiger partial charge >= 0.3 is 0 Å². The van der Waals surface area contributed by atoms with Crippen LogP contribution >= 0.6 is 0 Å². The van der Waals surface area contributed by atoms with E-state index in [1.54, 1.807) is 14.7 Å². The number of hydrogen-bond donors (Lipinski definition) is 4. The molecule has 0 saturated carbocycles. The topological polar surface area (TPSA) is 54.8 Å². The second kappa shape index (κ2) is 7.13. The molecule has 0 atom stereocenters. The summed E-state index contributed by atoms with van der Waals surface area (Å²) in [5.74, 6) is -0.0580. The molecule has 144 valence electrons. The number of carbonyl (C=O) groups is 1. The first-order chi connectivity index (χ1) is 13.7. The fourth-order valence-electron chi connectivity index (χ4n) is 5.52. The van der Waals surface area contributed by atoms with E-state index in [2.05, 4.69) is 29.7 Å². The molecule has 4 N–H and O–H groups in total. The molecule has 4 aliphatic rings. The molecule has 0 radical (unpaired) electrons. The molecule has 0 spiro atoms. The molecule has 4 heterocycles. The highest BCUT2D eigenvalue weighted by Crippen LogP contribution is 2.23. The van der Waals surface area contributed by atoms with Gasteiger partial charge in [0.25, 0.3) is 0 Å². The lowest BCUT2D eigenvalue weighted by Crippen LogP contribution is -3.56. The molecule has 0 unspecified atom stereocenters. The Morgan fingerprint density at radius 3 is 1.96 bits per heavy atom. The molecule has 6 nitrogen and oxygen atoms in total. The van der Waals surface area contributed by atoms with Gasteiger partial charge in [-0.05, 0) is 11.1 Å². The molecule has 28 heavy (non-hydrogen) atoms. The fraction of sp³-hybridized carbons (Fsp3) is 0.364. The van der Waals surface area contributed by atoms with Gasteiger partial charge in [0.2, 0.25) is 25.9 Å². The number of hydrogen-bond acceptors (Lipinski definition) is 2. The van der Waals surface area contributed by atoms with Crippen LogP contribution in [0.5, 0.6) is 0 Å². The third-order valence-corrected chi connectivity index (χ3v) is 6.31. The summed E-state index contributed by atoms with van der Waals surface area (Å²) < 4.78 is 0. The van der Waals surface area contributed by atoms with Crippen LogP contribution in [0.3, 0.4) is 0 Å². The molecular weight excluding hydrogens is 350 g/mol. The monoisotopic (exact) mass is 378 g/mol. The molecular formula is C22H28N5O+3. The number of hydrazone groups is 1. The van der Waals surface area contributed by atoms with E-state index >= 15 is 0 Å². The quantitative estimate of drug-likeness (QED) is 0.332. The standard InChI is InChI=1S/C22H25N5O/c28-20(11-18-7-3-1-4-8-18)23-24-21(19-9-5-2-6-10-19)22-12-25-15-26(13-22)17-27(14-22)16-25/h1-10H,11-17H2,(H,23,28)/p+3. The maximum atomic E-state index is 12.5. The van der Waals surface area contributed by atoms with Gasteiger partial charge in [0.15, 0.2) is 5.41 Å². The molecule has 2 aromatic carbocycles. The maximum absolute atomic E-state index is 12.5. The highest BCUT2D eigenvalue weighted by Gasteiger charge is 2.60. The van der Waals surface area contributed by atoms with Crippen LogP contribution in [0.1, 0.15) is 11.1 Å². The maximum Gasteiger partial charge on any atom is 0.244 e. The average Bonchev–Trinajstić information content (AvgIpc) is 2.68. The smallest absolute Gasteiger partial charge is 0.244 e. The van der Waals surface area contributed by atoms with Gasteiger partial charge in [0.1, 0.15) is 19.6 Å². The zero-order chi connectivity index (χ0) is 19.0. The van der Waals surface area contributed by atoms with Crippen molar-refractivity contribution < 1.29 is 19.5 Å². The molecule has 4 saturated heterocycles. The first kappa shape index (κ1) is 17.6. The van der Waals surface area contributed by atoms with E-state index in [-0.39, 0.29) is 11.3 Å². The van der Waals surface area contributed by atoms with Crippen LogP contribution in [-0.2, 0) is 11.2 Å². The summed E-state index contributed by atoms with van der Waals surface area (Å²) in [6.07, 6.45) is 0.353. The van der Waals surface area contributed by atoms with Gasteiger partial charge in [-0.3, -0.25) is 4.79 Å². The summed E-state index contributed by atoms with van der Waals surface area (Å²) >= 11 is 0. The number of quaternary nitrogens is 3. The fourth-order valence-corrected chi connectivity index (χ4v) is 5.52. The SMILES string of the molecule is O=C(Cc1ccccc1)NN=C(c1ccccc1)C12C[NH+]3C[NH+](C[NH+](C3)C1)C2. The van der Waals surface area contributed by atoms with Crippen molar-refractivity contribution in [1.82, 2.24) is 5.43 Å². The Morgan fingerprint density at radius 1 is 0.857 bits per heavy atom. The van der Waals surface area contributed by atoms with Crippen LogP contribution in [0.2, 0.25) is 0 Å². The molecule has 1 amide bonds. The lowest BCUT2D eigenvalue weighted by Gasteiger charge is -2.52. The Balaban J connectivity index is 1.43. The average molecular weight is 379 g/mol. The summed E-state index contributed by atoms with van der Waals surface area (Å²) in [4.78, 5) is 17.5. The van der Waals surface area contributed by atoms with Crippen LogP contribution in [0.25, 0.3) is 0 Å². The molecule has 4 fully saturated rings. The summed E-state index contributed by atoms with van der Waals surface area (Å²) in [5.41, 5.74) is 6.11. The van der Waals surface area contributed by atoms with Crippen molar-refractivity contribution in [1.29, 1.82) is 0 Å². The molecule has 6 heteroatoms. The van der Waals surface area contributed by atoms with Crippen molar-refractivity contribution in [2.24, 2.45) is 10.5 Å². The van der Waals surface area contributed by atoms with E-state index in [0.717, 1.165) is 36.5 Å². The number of amides is 1. The van der Waals surface area contributed by atoms with Crippen molar-refractivity contribution in [2.45, 2.75) is 6.42 Å². The third-order valence-electron chi connectivity index (χ3n) is 6.31. The van der Waals surface area contributed by atoms with Crippen LogP contribution in [0.15, 0.2) is 65.8 Å². The molecule has 4 aliphatic heterocycles. The Morgan fingerprint density at radius 2 is 1.39 bits per heavy atom. The first-order valence-electron chi connectivity index (χ1n) is 10.2. The number of nitrogens with one attached hydrogen (secondary N) is 4. The van der Waals surface area contributed by atoms with E-state index in [4.69, 9.17) is 5.10 Å². The Bertz CT molecular complexity index is 845. The van der Waals surface area contributed by atoms with E-state index < -0.39 is 0 Å². The van der Waals surface area contributed by atoms with Gasteiger partial charge < -0.3 is 0 Å². The number of benzene rings is 2. The van der Waals surface area contributed by atoms with E-state index in [1.165, 1.54) is 20.0 Å². The number of rotatable bonds is 5. The summed E-state index contributed by atoms with van der Waals surface area (Å²) in [5, 5.41) is 4.76. The minimum Gasteiger partial charge on any atom is -0.273 e. The van der Waals surface area contributed by atoms with Crippen molar-refractivity contribution in [3.8, 4) is 0 Å². The summed E-state index contributed by atoms with van der Waals surface area (Å²) in [7, 11) is 0. The number of nitrogens with zero attached hydrogens (tertiary/aromatic N) is 1. The third kappa shape index (κ3) is 3.35. The lowest BCUT2D eigenvalue weighted by atomic mass is 9.74. The Kier molecular flexibility index (Phi) is 4.47. The van der Waals surface area contributed by atoms with Gasteiger partial charge in [0, 0.05) is 0 Å². The zero-order valence-electron chi connectivity index (χ0n) is 16.1. The normalized spacial score (nSPS) is 31.0. The van der Waals surface area contributed by atoms with Gasteiger partial charge in [-0.2, -0.15) is 5.10 Å². The highest BCUT2D eigenvalue weighted by atomic mass is 16.2. The first-order valence-corrected chi connectivity index (χ1v) is 10.2. The van der Waals surface area contributed by atoms with Gasteiger partial charge in [0.05, 0.1) is 12.1 Å². The van der Waals surface area contributed by atoms with Crippen LogP contribution < -0.4 is 20.1 Å². The van der Waals surface area contributed by atoms with Crippen LogP contribution in [0, 0.1) is 5.41 Å². The van der Waals surface area contributed by atoms with Crippen molar-refractivity contribution >= 4 is 11.6 Å². The second-order valence-electron chi connectivity index (χ2n) is 8.61. The van der Waals surface area contributed by atoms with Gasteiger partial charge in [-0.25, -0.2) is 20.1 Å². The highest BCUT2D eigenvalue weighted by molar-refractivity contribution is 6.05. The largest absolute Gasteiger partial charge is 0.273 e. The molecule has 2 aromatic rings. The molecule has 6 rings (SSSR count). The Hall–Kier alpha value is -2.54. The zero-order valence-corrected chi connectivity index (χ0v) is 16.1. The molecule has 0 aromatic heterocycles. The minimum atomic E-state index is -0.0580. The van der Waals surface area contributed by atoms with E-state index in [1.807, 2.05) is 36.4 Å². The Labute approximate surface area is 165 Å².